The van der Waals surface area contributed by atoms with Crippen LogP contribution in [0.3, 0.4) is 0 Å². The fourth-order valence-corrected chi connectivity index (χ4v) is 2.25. The number of rotatable bonds is 6. The average Bonchev–Trinajstić information content (AvgIpc) is 2.75. The maximum Gasteiger partial charge on any atom is 0.224 e. The van der Waals surface area contributed by atoms with Crippen molar-refractivity contribution in [3.63, 3.8) is 0 Å². The molecule has 1 atom stereocenters. The third kappa shape index (κ3) is 3.90. The summed E-state index contributed by atoms with van der Waals surface area (Å²) in [5.41, 5.74) is 4.21. The third-order valence-corrected chi connectivity index (χ3v) is 3.93. The second kappa shape index (κ2) is 7.15. The van der Waals surface area contributed by atoms with Crippen molar-refractivity contribution in [2.45, 2.75) is 40.7 Å². The summed E-state index contributed by atoms with van der Waals surface area (Å²) in [6.45, 7) is 9.16. The van der Waals surface area contributed by atoms with Crippen LogP contribution in [0.4, 0.5) is 0 Å². The van der Waals surface area contributed by atoms with Gasteiger partial charge in [-0.1, -0.05) is 6.92 Å². The van der Waals surface area contributed by atoms with Crippen LogP contribution in [-0.2, 0) is 17.8 Å². The first-order chi connectivity index (χ1) is 10.5. The monoisotopic (exact) mass is 301 g/mol. The first-order valence-corrected chi connectivity index (χ1v) is 7.52. The van der Waals surface area contributed by atoms with E-state index in [1.54, 1.807) is 18.6 Å². The predicted octanol–water partition coefficient (Wildman–Crippen LogP) is 1.59. The minimum atomic E-state index is -0.126. The van der Waals surface area contributed by atoms with Gasteiger partial charge in [-0.2, -0.15) is 5.10 Å². The van der Waals surface area contributed by atoms with E-state index in [2.05, 4.69) is 27.3 Å². The van der Waals surface area contributed by atoms with E-state index >= 15 is 0 Å². The second-order valence-electron chi connectivity index (χ2n) is 5.62. The first kappa shape index (κ1) is 16.1. The molecule has 0 bridgehead atoms. The lowest BCUT2D eigenvalue weighted by Gasteiger charge is -2.13. The van der Waals surface area contributed by atoms with Crippen LogP contribution in [0.2, 0.25) is 0 Å². The van der Waals surface area contributed by atoms with Gasteiger partial charge in [-0.25, -0.2) is 0 Å². The summed E-state index contributed by atoms with van der Waals surface area (Å²) >= 11 is 0. The molecule has 6 heteroatoms. The zero-order valence-corrected chi connectivity index (χ0v) is 13.6. The molecule has 0 radical (unpaired) electrons. The highest BCUT2D eigenvalue weighted by Gasteiger charge is 2.16. The van der Waals surface area contributed by atoms with Gasteiger partial charge in [-0.15, -0.1) is 0 Å². The summed E-state index contributed by atoms with van der Waals surface area (Å²) in [6.07, 6.45) is 5.70. The molecule has 2 aromatic heterocycles. The van der Waals surface area contributed by atoms with Crippen molar-refractivity contribution in [1.82, 2.24) is 25.1 Å². The Morgan fingerprint density at radius 3 is 2.68 bits per heavy atom. The Balaban J connectivity index is 1.83. The maximum absolute atomic E-state index is 12.2. The highest BCUT2D eigenvalue weighted by atomic mass is 16.1. The van der Waals surface area contributed by atoms with Gasteiger partial charge in [-0.3, -0.25) is 19.4 Å². The topological polar surface area (TPSA) is 72.7 Å². The Bertz CT molecular complexity index is 635. The molecule has 2 aromatic rings. The number of nitrogens with one attached hydrogen (secondary N) is 1. The molecule has 0 saturated carbocycles. The molecule has 118 valence electrons. The fraction of sp³-hybridized carbons (Fsp3) is 0.500. The Labute approximate surface area is 131 Å². The number of aromatic nitrogens is 4. The van der Waals surface area contributed by atoms with E-state index in [-0.39, 0.29) is 11.8 Å². The van der Waals surface area contributed by atoms with Crippen LogP contribution >= 0.6 is 0 Å². The van der Waals surface area contributed by atoms with E-state index in [1.165, 1.54) is 5.56 Å². The van der Waals surface area contributed by atoms with Crippen molar-refractivity contribution >= 4 is 5.91 Å². The zero-order valence-electron chi connectivity index (χ0n) is 13.6. The van der Waals surface area contributed by atoms with E-state index < -0.39 is 0 Å². The normalized spacial score (nSPS) is 12.2. The summed E-state index contributed by atoms with van der Waals surface area (Å²) in [4.78, 5) is 20.3. The van der Waals surface area contributed by atoms with Crippen molar-refractivity contribution < 1.29 is 4.79 Å². The van der Waals surface area contributed by atoms with Gasteiger partial charge in [0.1, 0.15) is 0 Å². The van der Waals surface area contributed by atoms with Gasteiger partial charge in [0.25, 0.3) is 0 Å². The summed E-state index contributed by atoms with van der Waals surface area (Å²) in [5.74, 6) is -0.0895. The van der Waals surface area contributed by atoms with Crippen LogP contribution in [0.1, 0.15) is 29.6 Å². The lowest BCUT2D eigenvalue weighted by molar-refractivity contribution is -0.124. The maximum atomic E-state index is 12.2. The van der Waals surface area contributed by atoms with Crippen molar-refractivity contribution in [3.8, 4) is 0 Å². The first-order valence-electron chi connectivity index (χ1n) is 7.52. The molecule has 0 aliphatic carbocycles. The molecule has 22 heavy (non-hydrogen) atoms. The Morgan fingerprint density at radius 2 is 2.09 bits per heavy atom. The largest absolute Gasteiger partial charge is 0.355 e. The van der Waals surface area contributed by atoms with Gasteiger partial charge in [0.15, 0.2) is 0 Å². The lowest BCUT2D eigenvalue weighted by Crippen LogP contribution is -2.33. The molecule has 2 heterocycles. The van der Waals surface area contributed by atoms with Crippen LogP contribution in [0.5, 0.6) is 0 Å². The summed E-state index contributed by atoms with van der Waals surface area (Å²) < 4.78 is 1.91. The molecule has 2 rings (SSSR count). The molecule has 0 aliphatic rings. The zero-order chi connectivity index (χ0) is 16.1. The molecule has 0 aromatic carbocycles. The van der Waals surface area contributed by atoms with E-state index in [0.29, 0.717) is 19.5 Å². The number of carbonyl (C=O) groups excluding carboxylic acids is 1. The number of carbonyl (C=O) groups is 1. The second-order valence-corrected chi connectivity index (χ2v) is 5.62. The van der Waals surface area contributed by atoms with E-state index in [0.717, 1.165) is 17.1 Å². The van der Waals surface area contributed by atoms with Gasteiger partial charge in [0.2, 0.25) is 5.91 Å². The van der Waals surface area contributed by atoms with Gasteiger partial charge < -0.3 is 5.32 Å². The third-order valence-electron chi connectivity index (χ3n) is 3.93. The molecular formula is C16H23N5O. The standard InChI is InChI=1S/C16H23N5O/c1-11(10-21-14(4)12(2)13(3)20-21)16(22)19-6-5-15-9-17-7-8-18-15/h7-9,11H,5-6,10H2,1-4H3,(H,19,22)/t11-/m0/s1. The number of aryl methyl sites for hydroxylation is 1. The number of amides is 1. The Hall–Kier alpha value is -2.24. The van der Waals surface area contributed by atoms with E-state index in [9.17, 15) is 4.79 Å². The van der Waals surface area contributed by atoms with Crippen LogP contribution in [0.25, 0.3) is 0 Å². The molecular weight excluding hydrogens is 278 g/mol. The smallest absolute Gasteiger partial charge is 0.224 e. The minimum Gasteiger partial charge on any atom is -0.355 e. The van der Waals surface area contributed by atoms with Crippen molar-refractivity contribution in [2.24, 2.45) is 5.92 Å². The summed E-state index contributed by atoms with van der Waals surface area (Å²) in [7, 11) is 0. The van der Waals surface area contributed by atoms with Crippen LogP contribution in [0.15, 0.2) is 18.6 Å². The van der Waals surface area contributed by atoms with Crippen molar-refractivity contribution in [3.05, 3.63) is 41.2 Å². The molecule has 0 aliphatic heterocycles. The van der Waals surface area contributed by atoms with Crippen molar-refractivity contribution in [2.75, 3.05) is 6.54 Å². The molecule has 0 saturated heterocycles. The number of hydrogen-bond acceptors (Lipinski definition) is 4. The number of nitrogens with zero attached hydrogens (tertiary/aromatic N) is 4. The molecule has 1 amide bonds. The van der Waals surface area contributed by atoms with Crippen LogP contribution < -0.4 is 5.32 Å². The molecule has 0 spiro atoms. The predicted molar refractivity (Wildman–Crippen MR) is 84.3 cm³/mol. The lowest BCUT2D eigenvalue weighted by atomic mass is 10.1. The van der Waals surface area contributed by atoms with Crippen molar-refractivity contribution in [1.29, 1.82) is 0 Å². The van der Waals surface area contributed by atoms with E-state index in [4.69, 9.17) is 0 Å². The van der Waals surface area contributed by atoms with Crippen LogP contribution in [0, 0.1) is 26.7 Å². The fourth-order valence-electron chi connectivity index (χ4n) is 2.25. The quantitative estimate of drug-likeness (QED) is 0.879. The summed E-state index contributed by atoms with van der Waals surface area (Å²) in [5, 5.41) is 7.42. The van der Waals surface area contributed by atoms with Gasteiger partial charge in [-0.05, 0) is 26.3 Å². The highest BCUT2D eigenvalue weighted by Crippen LogP contribution is 2.12. The molecule has 6 nitrogen and oxygen atoms in total. The SMILES string of the molecule is Cc1nn(C[C@H](C)C(=O)NCCc2cnccn2)c(C)c1C. The van der Waals surface area contributed by atoms with E-state index in [1.807, 2.05) is 25.5 Å². The minimum absolute atomic E-state index is 0.0362. The highest BCUT2D eigenvalue weighted by molar-refractivity contribution is 5.78. The average molecular weight is 301 g/mol. The Kier molecular flexibility index (Phi) is 5.25. The molecule has 0 unspecified atom stereocenters. The van der Waals surface area contributed by atoms with Crippen LogP contribution in [-0.4, -0.2) is 32.2 Å². The van der Waals surface area contributed by atoms with Gasteiger partial charge in [0, 0.05) is 37.3 Å². The Morgan fingerprint density at radius 1 is 1.32 bits per heavy atom. The molecule has 0 fully saturated rings. The summed E-state index contributed by atoms with van der Waals surface area (Å²) in [6, 6.07) is 0. The van der Waals surface area contributed by atoms with Gasteiger partial charge in [0.05, 0.1) is 23.9 Å². The molecule has 1 N–H and O–H groups in total. The van der Waals surface area contributed by atoms with Gasteiger partial charge >= 0.3 is 0 Å². The number of hydrogen-bond donors (Lipinski definition) is 1.